The lowest BCUT2D eigenvalue weighted by Crippen LogP contribution is -2.00. The zero-order valence-electron chi connectivity index (χ0n) is 10.1. The number of nitrogens with zero attached hydrogens (tertiary/aromatic N) is 4. The molecule has 0 bridgehead atoms. The molecule has 0 N–H and O–H groups in total. The molecule has 0 spiro atoms. The average Bonchev–Trinajstić information content (AvgIpc) is 2.81. The average molecular weight is 291 g/mol. The molecule has 0 saturated heterocycles. The summed E-state index contributed by atoms with van der Waals surface area (Å²) in [6, 6.07) is 9.49. The second-order valence-corrected chi connectivity index (χ2v) is 5.04. The van der Waals surface area contributed by atoms with Crippen LogP contribution in [-0.4, -0.2) is 20.5 Å². The van der Waals surface area contributed by atoms with Crippen molar-refractivity contribution in [1.29, 1.82) is 5.26 Å². The Bertz CT molecular complexity index is 613. The Hall–Kier alpha value is -1.77. The number of benzene rings is 1. The monoisotopic (exact) mass is 290 g/mol. The second-order valence-electron chi connectivity index (χ2n) is 3.66. The van der Waals surface area contributed by atoms with E-state index in [0.717, 1.165) is 11.4 Å². The molecule has 0 unspecified atom stereocenters. The molecular formula is C13H11ClN4S. The molecule has 2 rings (SSSR count). The normalized spacial score (nSPS) is 10.1. The van der Waals surface area contributed by atoms with E-state index in [1.807, 2.05) is 28.8 Å². The van der Waals surface area contributed by atoms with Crippen LogP contribution in [0.5, 0.6) is 0 Å². The van der Waals surface area contributed by atoms with E-state index >= 15 is 0 Å². The molecule has 2 aromatic rings. The Morgan fingerprint density at radius 2 is 2.11 bits per heavy atom. The standard InChI is InChI=1S/C13H11ClN4S/c1-2-8-18-12(10-3-5-11(14)6-4-10)16-17-13(18)19-9-7-15/h2-6H,1,8-9H2. The van der Waals surface area contributed by atoms with E-state index in [9.17, 15) is 0 Å². The van der Waals surface area contributed by atoms with Crippen LogP contribution in [0, 0.1) is 11.3 Å². The number of hydrogen-bond donors (Lipinski definition) is 0. The van der Waals surface area contributed by atoms with Gasteiger partial charge in [-0.05, 0) is 24.3 Å². The van der Waals surface area contributed by atoms with Gasteiger partial charge in [-0.1, -0.05) is 29.4 Å². The summed E-state index contributed by atoms with van der Waals surface area (Å²) in [7, 11) is 0. The molecule has 4 nitrogen and oxygen atoms in total. The van der Waals surface area contributed by atoms with Crippen molar-refractivity contribution >= 4 is 23.4 Å². The number of halogens is 1. The van der Waals surface area contributed by atoms with Gasteiger partial charge in [0.05, 0.1) is 11.8 Å². The Morgan fingerprint density at radius 3 is 2.74 bits per heavy atom. The Labute approximate surface area is 120 Å². The van der Waals surface area contributed by atoms with Gasteiger partial charge in [-0.15, -0.1) is 16.8 Å². The predicted octanol–water partition coefficient (Wildman–Crippen LogP) is 3.40. The van der Waals surface area contributed by atoms with E-state index in [0.29, 0.717) is 22.5 Å². The van der Waals surface area contributed by atoms with Gasteiger partial charge in [-0.3, -0.25) is 4.57 Å². The highest BCUT2D eigenvalue weighted by Crippen LogP contribution is 2.24. The number of thioether (sulfide) groups is 1. The number of allylic oxidation sites excluding steroid dienone is 1. The van der Waals surface area contributed by atoms with Crippen molar-refractivity contribution in [2.24, 2.45) is 0 Å². The van der Waals surface area contributed by atoms with Gasteiger partial charge < -0.3 is 0 Å². The maximum Gasteiger partial charge on any atom is 0.192 e. The first-order valence-electron chi connectivity index (χ1n) is 5.56. The molecule has 96 valence electrons. The van der Waals surface area contributed by atoms with Crippen LogP contribution in [0.3, 0.4) is 0 Å². The third kappa shape index (κ3) is 3.16. The highest BCUT2D eigenvalue weighted by molar-refractivity contribution is 7.99. The van der Waals surface area contributed by atoms with Gasteiger partial charge in [0.25, 0.3) is 0 Å². The largest absolute Gasteiger partial charge is 0.298 e. The van der Waals surface area contributed by atoms with Gasteiger partial charge in [-0.2, -0.15) is 5.26 Å². The first-order valence-corrected chi connectivity index (χ1v) is 6.92. The molecule has 0 radical (unpaired) electrons. The maximum atomic E-state index is 8.64. The number of hydrogen-bond acceptors (Lipinski definition) is 4. The lowest BCUT2D eigenvalue weighted by molar-refractivity contribution is 0.732. The molecule has 1 heterocycles. The lowest BCUT2D eigenvalue weighted by atomic mass is 10.2. The van der Waals surface area contributed by atoms with Gasteiger partial charge >= 0.3 is 0 Å². The molecule has 0 saturated carbocycles. The third-order valence-corrected chi connectivity index (χ3v) is 3.48. The Kier molecular flexibility index (Phi) is 4.61. The molecule has 0 fully saturated rings. The molecule has 1 aromatic carbocycles. The summed E-state index contributed by atoms with van der Waals surface area (Å²) in [5, 5.41) is 18.3. The SMILES string of the molecule is C=CCn1c(SCC#N)nnc1-c1ccc(Cl)cc1. The van der Waals surface area contributed by atoms with Crippen molar-refractivity contribution in [3.63, 3.8) is 0 Å². The minimum Gasteiger partial charge on any atom is -0.298 e. The zero-order chi connectivity index (χ0) is 13.7. The highest BCUT2D eigenvalue weighted by atomic mass is 35.5. The zero-order valence-corrected chi connectivity index (χ0v) is 11.7. The molecule has 6 heteroatoms. The minimum absolute atomic E-state index is 0.343. The van der Waals surface area contributed by atoms with Gasteiger partial charge in [-0.25, -0.2) is 0 Å². The lowest BCUT2D eigenvalue weighted by Gasteiger charge is -2.06. The first kappa shape index (κ1) is 13.7. The van der Waals surface area contributed by atoms with E-state index in [1.54, 1.807) is 6.08 Å². The summed E-state index contributed by atoms with van der Waals surface area (Å²) in [6.07, 6.45) is 1.78. The Balaban J connectivity index is 2.39. The van der Waals surface area contributed by atoms with E-state index < -0.39 is 0 Å². The molecule has 19 heavy (non-hydrogen) atoms. The number of nitriles is 1. The minimum atomic E-state index is 0.343. The second kappa shape index (κ2) is 6.41. The van der Waals surface area contributed by atoms with E-state index in [4.69, 9.17) is 16.9 Å². The van der Waals surface area contributed by atoms with Crippen LogP contribution in [0.25, 0.3) is 11.4 Å². The first-order chi connectivity index (χ1) is 9.26. The van der Waals surface area contributed by atoms with Crippen molar-refractivity contribution in [2.75, 3.05) is 5.75 Å². The molecule has 0 aliphatic rings. The number of rotatable bonds is 5. The smallest absolute Gasteiger partial charge is 0.192 e. The summed E-state index contributed by atoms with van der Waals surface area (Å²) in [5.74, 6) is 1.09. The fourth-order valence-corrected chi connectivity index (χ4v) is 2.33. The molecule has 0 aliphatic heterocycles. The summed E-state index contributed by atoms with van der Waals surface area (Å²) < 4.78 is 1.93. The summed E-state index contributed by atoms with van der Waals surface area (Å²) >= 11 is 7.23. The number of aromatic nitrogens is 3. The van der Waals surface area contributed by atoms with E-state index in [1.165, 1.54) is 11.8 Å². The van der Waals surface area contributed by atoms with Crippen molar-refractivity contribution in [3.05, 3.63) is 41.9 Å². The fraction of sp³-hybridized carbons (Fsp3) is 0.154. The van der Waals surface area contributed by atoms with Gasteiger partial charge in [0, 0.05) is 17.1 Å². The summed E-state index contributed by atoms with van der Waals surface area (Å²) in [5.41, 5.74) is 0.933. The fourth-order valence-electron chi connectivity index (χ4n) is 1.60. The topological polar surface area (TPSA) is 54.5 Å². The van der Waals surface area contributed by atoms with Crippen molar-refractivity contribution in [3.8, 4) is 17.5 Å². The van der Waals surface area contributed by atoms with Crippen LogP contribution >= 0.6 is 23.4 Å². The van der Waals surface area contributed by atoms with Crippen molar-refractivity contribution in [2.45, 2.75) is 11.7 Å². The van der Waals surface area contributed by atoms with Crippen molar-refractivity contribution in [1.82, 2.24) is 14.8 Å². The molecule has 0 aliphatic carbocycles. The van der Waals surface area contributed by atoms with Crippen LogP contribution in [0.15, 0.2) is 42.1 Å². The van der Waals surface area contributed by atoms with Crippen LogP contribution in [0.2, 0.25) is 5.02 Å². The molecular weight excluding hydrogens is 280 g/mol. The van der Waals surface area contributed by atoms with Gasteiger partial charge in [0.2, 0.25) is 0 Å². The van der Waals surface area contributed by atoms with Gasteiger partial charge in [0.1, 0.15) is 0 Å². The van der Waals surface area contributed by atoms with Crippen molar-refractivity contribution < 1.29 is 0 Å². The molecule has 1 aromatic heterocycles. The molecule has 0 atom stereocenters. The summed E-state index contributed by atoms with van der Waals surface area (Å²) in [4.78, 5) is 0. The highest BCUT2D eigenvalue weighted by Gasteiger charge is 2.13. The van der Waals surface area contributed by atoms with Crippen LogP contribution in [-0.2, 0) is 6.54 Å². The quantitative estimate of drug-likeness (QED) is 0.625. The Morgan fingerprint density at radius 1 is 1.37 bits per heavy atom. The van der Waals surface area contributed by atoms with Crippen LogP contribution < -0.4 is 0 Å². The third-order valence-electron chi connectivity index (χ3n) is 2.40. The van der Waals surface area contributed by atoms with Crippen LogP contribution in [0.1, 0.15) is 0 Å². The maximum absolute atomic E-state index is 8.64. The van der Waals surface area contributed by atoms with Crippen LogP contribution in [0.4, 0.5) is 0 Å². The van der Waals surface area contributed by atoms with Gasteiger partial charge in [0.15, 0.2) is 11.0 Å². The van der Waals surface area contributed by atoms with E-state index in [-0.39, 0.29) is 0 Å². The predicted molar refractivity (Wildman–Crippen MR) is 77.0 cm³/mol. The summed E-state index contributed by atoms with van der Waals surface area (Å²) in [6.45, 7) is 4.33. The molecule has 0 amide bonds. The van der Waals surface area contributed by atoms with E-state index in [2.05, 4.69) is 22.8 Å².